The first-order valence-electron chi connectivity index (χ1n) is 10.1. The van der Waals surface area contributed by atoms with Gasteiger partial charge in [0.2, 0.25) is 0 Å². The van der Waals surface area contributed by atoms with Gasteiger partial charge in [-0.25, -0.2) is 25.4 Å². The number of carboxylic acids is 2. The highest BCUT2D eigenvalue weighted by molar-refractivity contribution is 5.99. The van der Waals surface area contributed by atoms with E-state index in [-0.39, 0.29) is 10.8 Å². The normalized spacial score (nSPS) is 13.6. The van der Waals surface area contributed by atoms with Gasteiger partial charge in [0.25, 0.3) is 0 Å². The van der Waals surface area contributed by atoms with Gasteiger partial charge in [-0.3, -0.25) is 4.74 Å². The Bertz CT molecular complexity index is 1460. The lowest BCUT2D eigenvalue weighted by Gasteiger charge is -2.36. The van der Waals surface area contributed by atoms with Crippen LogP contribution >= 0.6 is 0 Å². The first-order valence-corrected chi connectivity index (χ1v) is 10.1. The number of fused-ring (bicyclic) bond motifs is 2. The molecule has 1 unspecified atom stereocenters. The molecule has 0 saturated carbocycles. The van der Waals surface area contributed by atoms with E-state index < -0.39 is 46.1 Å². The van der Waals surface area contributed by atoms with Crippen molar-refractivity contribution in [2.75, 3.05) is 0 Å². The van der Waals surface area contributed by atoms with Crippen LogP contribution in [-0.2, 0) is 31.3 Å². The highest BCUT2D eigenvalue weighted by Gasteiger charge is 2.53. The molecule has 0 fully saturated rings. The largest absolute Gasteiger partial charge is 0.478 e. The second kappa shape index (κ2) is 9.58. The minimum atomic E-state index is -3.52. The van der Waals surface area contributed by atoms with Crippen molar-refractivity contribution in [1.82, 2.24) is 0 Å². The minimum Gasteiger partial charge on any atom is -0.478 e. The second-order valence-corrected chi connectivity index (χ2v) is 7.54. The standard InChI is InChI=1S/C24H18O12/c25-21(26)17-11-9-13-5-1-3-7-15(13)19(17)23(29,34-30)33-24(35-31,36-32)20-16-8-4-2-6-14(16)10-12-18(20)22(27)28/h1-12,29-32H,(H,25,26)(H,27,28). The predicted molar refractivity (Wildman–Crippen MR) is 120 cm³/mol. The fourth-order valence-electron chi connectivity index (χ4n) is 4.06. The lowest BCUT2D eigenvalue weighted by Crippen LogP contribution is -2.46. The van der Waals surface area contributed by atoms with Crippen molar-refractivity contribution in [3.63, 3.8) is 0 Å². The Morgan fingerprint density at radius 3 is 1.50 bits per heavy atom. The SMILES string of the molecule is O=C(O)c1ccc2ccccc2c1C(O)(OO)OC(OO)(OO)c1c(C(=O)O)ccc2ccccc12. The number of carboxylic acid groups (broad SMARTS) is 2. The monoisotopic (exact) mass is 498 g/mol. The predicted octanol–water partition coefficient (Wildman–Crippen LogP) is 3.79. The van der Waals surface area contributed by atoms with Crippen molar-refractivity contribution in [1.29, 1.82) is 0 Å². The molecule has 6 N–H and O–H groups in total. The lowest BCUT2D eigenvalue weighted by molar-refractivity contribution is -0.639. The van der Waals surface area contributed by atoms with Crippen molar-refractivity contribution < 1.29 is 60.1 Å². The molecule has 0 aliphatic carbocycles. The number of aliphatic hydroxyl groups is 1. The molecule has 0 radical (unpaired) electrons. The third kappa shape index (κ3) is 4.05. The molecule has 0 heterocycles. The Morgan fingerprint density at radius 2 is 1.06 bits per heavy atom. The van der Waals surface area contributed by atoms with E-state index in [9.17, 15) is 40.7 Å². The Hall–Kier alpha value is -3.98. The first-order chi connectivity index (χ1) is 17.2. The smallest absolute Gasteiger partial charge is 0.372 e. The summed E-state index contributed by atoms with van der Waals surface area (Å²) in [4.78, 5) is 36.6. The number of ether oxygens (including phenoxy) is 1. The maximum Gasteiger partial charge on any atom is 0.372 e. The molecule has 1 atom stereocenters. The maximum absolute atomic E-state index is 12.0. The van der Waals surface area contributed by atoms with Crippen LogP contribution in [0.4, 0.5) is 0 Å². The summed E-state index contributed by atoms with van der Waals surface area (Å²) in [6.45, 7) is 0. The van der Waals surface area contributed by atoms with Gasteiger partial charge in [0, 0.05) is 0 Å². The number of carbonyl (C=O) groups is 2. The van der Waals surface area contributed by atoms with Gasteiger partial charge in [-0.2, -0.15) is 14.7 Å². The van der Waals surface area contributed by atoms with Gasteiger partial charge in [-0.15, -0.1) is 0 Å². The molecule has 0 spiro atoms. The second-order valence-electron chi connectivity index (χ2n) is 7.54. The lowest BCUT2D eigenvalue weighted by atomic mass is 9.95. The molecule has 4 aromatic carbocycles. The van der Waals surface area contributed by atoms with Crippen molar-refractivity contribution >= 4 is 33.5 Å². The van der Waals surface area contributed by atoms with Gasteiger partial charge in [0.05, 0.1) is 22.3 Å². The van der Waals surface area contributed by atoms with Crippen LogP contribution in [0.2, 0.25) is 0 Å². The molecular formula is C24H18O12. The summed E-state index contributed by atoms with van der Waals surface area (Å²) in [6, 6.07) is 17.0. The van der Waals surface area contributed by atoms with E-state index in [1.54, 1.807) is 24.3 Å². The zero-order chi connectivity index (χ0) is 26.1. The molecule has 12 nitrogen and oxygen atoms in total. The molecule has 0 bridgehead atoms. The van der Waals surface area contributed by atoms with Crippen molar-refractivity contribution in [2.45, 2.75) is 11.9 Å². The molecule has 0 aliphatic heterocycles. The average molecular weight is 498 g/mol. The zero-order valence-electron chi connectivity index (χ0n) is 18.1. The molecule has 0 amide bonds. The highest BCUT2D eigenvalue weighted by atomic mass is 17.3. The van der Waals surface area contributed by atoms with Crippen LogP contribution in [0.3, 0.4) is 0 Å². The summed E-state index contributed by atoms with van der Waals surface area (Å²) in [5.74, 6) is -10.1. The molecule has 0 aromatic heterocycles. The van der Waals surface area contributed by atoms with E-state index in [2.05, 4.69) is 14.7 Å². The topological polar surface area (TPSA) is 192 Å². The van der Waals surface area contributed by atoms with Gasteiger partial charge in [-0.1, -0.05) is 60.7 Å². The van der Waals surface area contributed by atoms with Gasteiger partial charge in [0.1, 0.15) is 0 Å². The van der Waals surface area contributed by atoms with Crippen molar-refractivity contribution in [2.24, 2.45) is 0 Å². The molecule has 0 aliphatic rings. The summed E-state index contributed by atoms with van der Waals surface area (Å²) < 4.78 is 5.26. The van der Waals surface area contributed by atoms with Gasteiger partial charge in [0.15, 0.2) is 0 Å². The van der Waals surface area contributed by atoms with Crippen LogP contribution in [0.25, 0.3) is 21.5 Å². The third-order valence-electron chi connectivity index (χ3n) is 5.58. The molecular weight excluding hydrogens is 480 g/mol. The Labute approximate surface area is 201 Å². The maximum atomic E-state index is 12.0. The minimum absolute atomic E-state index is 0.00936. The van der Waals surface area contributed by atoms with Gasteiger partial charge in [-0.05, 0) is 33.7 Å². The fourth-order valence-corrected chi connectivity index (χ4v) is 4.06. The van der Waals surface area contributed by atoms with E-state index in [0.717, 1.165) is 12.1 Å². The fraction of sp³-hybridized carbons (Fsp3) is 0.0833. The number of aromatic carboxylic acids is 2. The quantitative estimate of drug-likeness (QED) is 0.111. The van der Waals surface area contributed by atoms with Crippen LogP contribution in [0.15, 0.2) is 72.8 Å². The summed E-state index contributed by atoms with van der Waals surface area (Å²) in [5.41, 5.74) is -2.59. The third-order valence-corrected chi connectivity index (χ3v) is 5.58. The van der Waals surface area contributed by atoms with E-state index >= 15 is 0 Å². The molecule has 36 heavy (non-hydrogen) atoms. The van der Waals surface area contributed by atoms with Crippen molar-refractivity contribution in [3.05, 3.63) is 95.1 Å². The molecule has 4 rings (SSSR count). The van der Waals surface area contributed by atoms with Crippen LogP contribution < -0.4 is 0 Å². The molecule has 4 aromatic rings. The van der Waals surface area contributed by atoms with E-state index in [1.165, 1.54) is 36.4 Å². The van der Waals surface area contributed by atoms with Crippen LogP contribution in [0, 0.1) is 0 Å². The summed E-state index contributed by atoms with van der Waals surface area (Å²) in [5, 5.41) is 60.9. The van der Waals surface area contributed by atoms with Crippen molar-refractivity contribution in [3.8, 4) is 0 Å². The zero-order valence-corrected chi connectivity index (χ0v) is 18.1. The number of benzene rings is 4. The summed E-state index contributed by atoms with van der Waals surface area (Å²) in [6.07, 6.45) is 0. The van der Waals surface area contributed by atoms with E-state index in [0.29, 0.717) is 10.8 Å². The Kier molecular flexibility index (Phi) is 6.69. The van der Waals surface area contributed by atoms with Gasteiger partial charge < -0.3 is 15.3 Å². The average Bonchev–Trinajstić information content (AvgIpc) is 2.90. The Morgan fingerprint density at radius 1 is 0.611 bits per heavy atom. The van der Waals surface area contributed by atoms with E-state index in [1.807, 2.05) is 0 Å². The molecule has 0 saturated heterocycles. The summed E-state index contributed by atoms with van der Waals surface area (Å²) >= 11 is 0. The summed E-state index contributed by atoms with van der Waals surface area (Å²) in [7, 11) is 0. The van der Waals surface area contributed by atoms with Gasteiger partial charge >= 0.3 is 23.9 Å². The van der Waals surface area contributed by atoms with Crippen LogP contribution in [0.1, 0.15) is 31.8 Å². The van der Waals surface area contributed by atoms with Crippen LogP contribution in [-0.4, -0.2) is 43.0 Å². The number of rotatable bonds is 9. The Balaban J connectivity index is 2.04. The number of hydrogen-bond donors (Lipinski definition) is 6. The van der Waals surface area contributed by atoms with Crippen LogP contribution in [0.5, 0.6) is 0 Å². The first kappa shape index (κ1) is 25.1. The molecule has 12 heteroatoms. The number of hydrogen-bond acceptors (Lipinski definition) is 10. The van der Waals surface area contributed by atoms with E-state index in [4.69, 9.17) is 4.74 Å². The molecule has 186 valence electrons. The highest BCUT2D eigenvalue weighted by Crippen LogP contribution is 2.43.